The largest absolute Gasteiger partial charge is 0.488 e. The number of rotatable bonds is 5. The molecule has 108 valence electrons. The summed E-state index contributed by atoms with van der Waals surface area (Å²) in [5.41, 5.74) is 1.05. The minimum absolute atomic E-state index is 0.0560. The van der Waals surface area contributed by atoms with Crippen molar-refractivity contribution in [1.29, 1.82) is 0 Å². The number of nitrogens with one attached hydrogen (secondary N) is 1. The van der Waals surface area contributed by atoms with E-state index in [1.165, 1.54) is 0 Å². The first-order valence-electron chi connectivity index (χ1n) is 7.06. The van der Waals surface area contributed by atoms with Gasteiger partial charge in [-0.15, -0.1) is 0 Å². The van der Waals surface area contributed by atoms with E-state index in [0.29, 0.717) is 5.76 Å². The van der Waals surface area contributed by atoms with Crippen LogP contribution in [0.2, 0.25) is 0 Å². The normalized spacial score (nSPS) is 23.9. The highest BCUT2D eigenvalue weighted by Gasteiger charge is 2.41. The molecule has 4 nitrogen and oxygen atoms in total. The van der Waals surface area contributed by atoms with Gasteiger partial charge in [0, 0.05) is 5.92 Å². The van der Waals surface area contributed by atoms with E-state index >= 15 is 0 Å². The van der Waals surface area contributed by atoms with Gasteiger partial charge in [0.25, 0.3) is 5.91 Å². The number of amides is 1. The maximum absolute atomic E-state index is 11.9. The summed E-state index contributed by atoms with van der Waals surface area (Å²) in [7, 11) is 0. The highest BCUT2D eigenvalue weighted by Crippen LogP contribution is 2.40. The zero-order chi connectivity index (χ0) is 14.8. The number of benzene rings is 1. The molecule has 1 N–H and O–H groups in total. The number of fused-ring (bicyclic) bond motifs is 1. The molecule has 1 aromatic rings. The molecule has 2 unspecified atom stereocenters. The molecule has 0 spiro atoms. The van der Waals surface area contributed by atoms with Gasteiger partial charge in [-0.3, -0.25) is 9.59 Å². The van der Waals surface area contributed by atoms with E-state index in [-0.39, 0.29) is 36.2 Å². The summed E-state index contributed by atoms with van der Waals surface area (Å²) in [6.45, 7) is 1.87. The van der Waals surface area contributed by atoms with Crippen molar-refractivity contribution in [2.24, 2.45) is 11.8 Å². The summed E-state index contributed by atoms with van der Waals surface area (Å²) in [5, 5.41) is 2.88. The molecule has 3 atom stereocenters. The molecule has 0 bridgehead atoms. The molecular weight excluding hydrogens is 266 g/mol. The molecule has 1 aromatic carbocycles. The topological polar surface area (TPSA) is 55.4 Å². The van der Waals surface area contributed by atoms with E-state index in [0.717, 1.165) is 5.56 Å². The summed E-state index contributed by atoms with van der Waals surface area (Å²) in [4.78, 5) is 23.4. The Morgan fingerprint density at radius 1 is 1.33 bits per heavy atom. The lowest BCUT2D eigenvalue weighted by Gasteiger charge is -2.28. The quantitative estimate of drug-likeness (QED) is 0.901. The Kier molecular flexibility index (Phi) is 3.60. The van der Waals surface area contributed by atoms with Crippen LogP contribution in [0, 0.1) is 11.8 Å². The highest BCUT2D eigenvalue weighted by atomic mass is 16.5. The van der Waals surface area contributed by atoms with Crippen molar-refractivity contribution in [3.63, 3.8) is 0 Å². The number of ketones is 1. The molecule has 2 aliphatic carbocycles. The number of carbonyl (C=O) groups is 2. The monoisotopic (exact) mass is 283 g/mol. The third-order valence-corrected chi connectivity index (χ3v) is 3.88. The average molecular weight is 283 g/mol. The van der Waals surface area contributed by atoms with E-state index in [1.807, 2.05) is 49.4 Å². The molecule has 0 saturated heterocycles. The molecule has 0 radical (unpaired) electrons. The van der Waals surface area contributed by atoms with E-state index in [9.17, 15) is 9.59 Å². The summed E-state index contributed by atoms with van der Waals surface area (Å²) in [6.07, 6.45) is 5.34. The zero-order valence-electron chi connectivity index (χ0n) is 11.8. The number of hydrogen-bond donors (Lipinski definition) is 1. The second-order valence-electron chi connectivity index (χ2n) is 5.37. The van der Waals surface area contributed by atoms with Crippen molar-refractivity contribution in [1.82, 2.24) is 5.32 Å². The van der Waals surface area contributed by atoms with Crippen LogP contribution < -0.4 is 5.32 Å². The Hall–Kier alpha value is -2.36. The van der Waals surface area contributed by atoms with Crippen LogP contribution in [-0.4, -0.2) is 18.3 Å². The molecule has 0 fully saturated rings. The lowest BCUT2D eigenvalue weighted by Crippen LogP contribution is -2.33. The Morgan fingerprint density at radius 3 is 2.81 bits per heavy atom. The Morgan fingerprint density at radius 2 is 2.10 bits per heavy atom. The number of carbonyl (C=O) groups excluding carboxylic acids is 2. The molecule has 1 amide bonds. The van der Waals surface area contributed by atoms with Crippen LogP contribution in [0.5, 0.6) is 0 Å². The fraction of sp³-hybridized carbons (Fsp3) is 0.294. The van der Waals surface area contributed by atoms with Crippen LogP contribution in [0.1, 0.15) is 18.5 Å². The number of ether oxygens (including phenoxy) is 1. The van der Waals surface area contributed by atoms with E-state index < -0.39 is 0 Å². The van der Waals surface area contributed by atoms with Crippen molar-refractivity contribution in [2.75, 3.05) is 6.61 Å². The van der Waals surface area contributed by atoms with Crippen molar-refractivity contribution < 1.29 is 14.3 Å². The van der Waals surface area contributed by atoms with E-state index in [2.05, 4.69) is 5.32 Å². The van der Waals surface area contributed by atoms with Crippen LogP contribution in [-0.2, 0) is 14.3 Å². The second-order valence-corrected chi connectivity index (χ2v) is 5.37. The second kappa shape index (κ2) is 5.56. The first-order chi connectivity index (χ1) is 10.1. The fourth-order valence-corrected chi connectivity index (χ4v) is 2.66. The van der Waals surface area contributed by atoms with Crippen molar-refractivity contribution >= 4 is 11.7 Å². The van der Waals surface area contributed by atoms with Gasteiger partial charge >= 0.3 is 0 Å². The lowest BCUT2D eigenvalue weighted by atomic mass is 9.82. The average Bonchev–Trinajstić information content (AvgIpc) is 2.74. The number of hydrogen-bond acceptors (Lipinski definition) is 3. The Balaban J connectivity index is 1.48. The summed E-state index contributed by atoms with van der Waals surface area (Å²) >= 11 is 0. The maximum Gasteiger partial charge on any atom is 0.258 e. The molecule has 2 aliphatic rings. The number of allylic oxidation sites excluding steroid dienone is 4. The van der Waals surface area contributed by atoms with Crippen LogP contribution in [0.15, 0.2) is 54.3 Å². The van der Waals surface area contributed by atoms with E-state index in [4.69, 9.17) is 4.74 Å². The molecular formula is C17H17NO3. The maximum atomic E-state index is 11.9. The van der Waals surface area contributed by atoms with Gasteiger partial charge in [-0.2, -0.15) is 0 Å². The summed E-state index contributed by atoms with van der Waals surface area (Å²) in [5.74, 6) is 0.477. The van der Waals surface area contributed by atoms with Gasteiger partial charge in [-0.1, -0.05) is 36.4 Å². The first-order valence-corrected chi connectivity index (χ1v) is 7.06. The molecule has 0 aliphatic heterocycles. The smallest absolute Gasteiger partial charge is 0.258 e. The van der Waals surface area contributed by atoms with Crippen molar-refractivity contribution in [3.05, 3.63) is 59.9 Å². The van der Waals surface area contributed by atoms with Gasteiger partial charge in [-0.05, 0) is 24.6 Å². The highest BCUT2D eigenvalue weighted by molar-refractivity contribution is 5.98. The Bertz CT molecular complexity index is 618. The summed E-state index contributed by atoms with van der Waals surface area (Å²) in [6, 6.07) is 9.67. The predicted molar refractivity (Wildman–Crippen MR) is 78.2 cm³/mol. The lowest BCUT2D eigenvalue weighted by molar-refractivity contribution is -0.127. The Labute approximate surface area is 123 Å². The fourth-order valence-electron chi connectivity index (χ4n) is 2.66. The van der Waals surface area contributed by atoms with Crippen LogP contribution >= 0.6 is 0 Å². The third kappa shape index (κ3) is 2.75. The molecule has 3 rings (SSSR count). The van der Waals surface area contributed by atoms with Gasteiger partial charge in [0.2, 0.25) is 0 Å². The molecule has 4 heteroatoms. The molecule has 0 aromatic heterocycles. The minimum atomic E-state index is -0.190. The van der Waals surface area contributed by atoms with Crippen LogP contribution in [0.4, 0.5) is 0 Å². The molecule has 0 saturated carbocycles. The van der Waals surface area contributed by atoms with Gasteiger partial charge in [0.1, 0.15) is 5.76 Å². The van der Waals surface area contributed by atoms with Gasteiger partial charge < -0.3 is 10.1 Å². The SMILES string of the molecule is C[C@@H](NC(=O)COC1=CC2C=CC(=O)C12)c1ccccc1. The van der Waals surface area contributed by atoms with Gasteiger partial charge in [0.05, 0.1) is 12.0 Å². The van der Waals surface area contributed by atoms with Crippen molar-refractivity contribution in [2.45, 2.75) is 13.0 Å². The standard InChI is InChI=1S/C17H17NO3/c1-11(12-5-3-2-4-6-12)18-16(20)10-21-15-9-13-7-8-14(19)17(13)15/h2-9,11,13,17H,10H2,1H3,(H,18,20)/t11-,13?,17?/m1/s1. The van der Waals surface area contributed by atoms with Gasteiger partial charge in [0.15, 0.2) is 12.4 Å². The van der Waals surface area contributed by atoms with Crippen molar-refractivity contribution in [3.8, 4) is 0 Å². The third-order valence-electron chi connectivity index (χ3n) is 3.88. The predicted octanol–water partition coefficient (Wildman–Crippen LogP) is 2.15. The first kappa shape index (κ1) is 13.6. The van der Waals surface area contributed by atoms with Gasteiger partial charge in [-0.25, -0.2) is 0 Å². The van der Waals surface area contributed by atoms with Crippen LogP contribution in [0.25, 0.3) is 0 Å². The minimum Gasteiger partial charge on any atom is -0.488 e. The summed E-state index contributed by atoms with van der Waals surface area (Å²) < 4.78 is 5.45. The van der Waals surface area contributed by atoms with Crippen LogP contribution in [0.3, 0.4) is 0 Å². The van der Waals surface area contributed by atoms with E-state index in [1.54, 1.807) is 6.08 Å². The molecule has 21 heavy (non-hydrogen) atoms. The zero-order valence-corrected chi connectivity index (χ0v) is 11.8. The molecule has 0 heterocycles.